The summed E-state index contributed by atoms with van der Waals surface area (Å²) < 4.78 is 0. The Labute approximate surface area is 164 Å². The van der Waals surface area contributed by atoms with E-state index in [1.54, 1.807) is 18.0 Å². The Kier molecular flexibility index (Phi) is 5.82. The number of aliphatic imine (C=N–C) groups is 2. The topological polar surface area (TPSA) is 154 Å². The third kappa shape index (κ3) is 3.72. The van der Waals surface area contributed by atoms with Gasteiger partial charge in [0.15, 0.2) is 0 Å². The molecule has 0 saturated heterocycles. The average molecular weight is 415 g/mol. The normalized spacial score (nSPS) is 34.7. The Morgan fingerprint density at radius 1 is 1.44 bits per heavy atom. The fourth-order valence-corrected chi connectivity index (χ4v) is 5.97. The third-order valence-electron chi connectivity index (χ3n) is 5.36. The molecule has 2 saturated carbocycles. The summed E-state index contributed by atoms with van der Waals surface area (Å²) in [5.41, 5.74) is 4.27. The van der Waals surface area contributed by atoms with Crippen molar-refractivity contribution in [2.45, 2.75) is 29.7 Å². The lowest BCUT2D eigenvalue weighted by atomic mass is 9.89. The van der Waals surface area contributed by atoms with Gasteiger partial charge >= 0.3 is 11.9 Å². The number of thioether (sulfide) groups is 2. The average Bonchev–Trinajstić information content (AvgIpc) is 3.02. The van der Waals surface area contributed by atoms with Gasteiger partial charge in [0.2, 0.25) is 5.91 Å². The van der Waals surface area contributed by atoms with E-state index in [9.17, 15) is 24.6 Å². The first-order valence-corrected chi connectivity index (χ1v) is 10.8. The van der Waals surface area contributed by atoms with E-state index in [0.717, 1.165) is 0 Å². The molecule has 0 aromatic heterocycles. The van der Waals surface area contributed by atoms with Crippen LogP contribution in [0, 0.1) is 17.8 Å². The van der Waals surface area contributed by atoms with Crippen LogP contribution in [-0.2, 0) is 14.4 Å². The molecule has 0 unspecified atom stereocenters. The van der Waals surface area contributed by atoms with E-state index in [0.29, 0.717) is 23.9 Å². The van der Waals surface area contributed by atoms with E-state index in [4.69, 9.17) is 5.73 Å². The summed E-state index contributed by atoms with van der Waals surface area (Å²) in [4.78, 5) is 44.5. The number of rotatable bonds is 8. The van der Waals surface area contributed by atoms with Crippen LogP contribution in [0.5, 0.6) is 0 Å². The van der Waals surface area contributed by atoms with E-state index < -0.39 is 41.3 Å². The van der Waals surface area contributed by atoms with Gasteiger partial charge in [-0.2, -0.15) is 11.8 Å². The zero-order chi connectivity index (χ0) is 19.8. The second-order valence-electron chi connectivity index (χ2n) is 6.93. The maximum atomic E-state index is 12.5. The molecule has 6 atom stereocenters. The number of carbonyl (C=O) groups is 3. The maximum absolute atomic E-state index is 12.5. The number of fused-ring (bicyclic) bond motifs is 1. The lowest BCUT2D eigenvalue weighted by molar-refractivity contribution is -0.150. The van der Waals surface area contributed by atoms with Crippen LogP contribution in [0.4, 0.5) is 0 Å². The molecule has 0 bridgehead atoms. The zero-order valence-electron chi connectivity index (χ0n) is 14.7. The molecule has 0 aromatic carbocycles. The minimum absolute atomic E-state index is 0.139. The Morgan fingerprint density at radius 2 is 2.19 bits per heavy atom. The minimum Gasteiger partial charge on any atom is -0.481 e. The first-order valence-electron chi connectivity index (χ1n) is 8.55. The van der Waals surface area contributed by atoms with Crippen LogP contribution in [0.15, 0.2) is 9.98 Å². The van der Waals surface area contributed by atoms with E-state index >= 15 is 0 Å². The molecule has 148 valence electrons. The van der Waals surface area contributed by atoms with E-state index in [2.05, 4.69) is 15.3 Å². The fraction of sp³-hybridized carbons (Fsp3) is 0.688. The number of aliphatic carboxylic acids is 2. The highest BCUT2D eigenvalue weighted by atomic mass is 32.2. The summed E-state index contributed by atoms with van der Waals surface area (Å²) in [5.74, 6) is -3.90. The highest BCUT2D eigenvalue weighted by Crippen LogP contribution is 2.65. The lowest BCUT2D eigenvalue weighted by Gasteiger charge is -2.31. The first kappa shape index (κ1) is 20.2. The Hall–Kier alpha value is -1.59. The van der Waals surface area contributed by atoms with E-state index in [-0.39, 0.29) is 17.6 Å². The lowest BCUT2D eigenvalue weighted by Crippen LogP contribution is -2.59. The van der Waals surface area contributed by atoms with Gasteiger partial charge in [-0.05, 0) is 30.8 Å². The van der Waals surface area contributed by atoms with Crippen molar-refractivity contribution in [1.29, 1.82) is 0 Å². The second-order valence-corrected chi connectivity index (χ2v) is 9.18. The molecule has 27 heavy (non-hydrogen) atoms. The SMILES string of the molecule is CSCC[C@H](N)C(=O)N[C@@]1(C(=O)O)C[C@@H](SC2=NCN=C2)[C@H]2[C@H](C(=O)O)[C@H]21. The van der Waals surface area contributed by atoms with E-state index in [1.165, 1.54) is 11.8 Å². The van der Waals surface area contributed by atoms with Crippen molar-refractivity contribution in [3.8, 4) is 0 Å². The van der Waals surface area contributed by atoms with Gasteiger partial charge in [0.1, 0.15) is 17.3 Å². The van der Waals surface area contributed by atoms with Crippen molar-refractivity contribution in [1.82, 2.24) is 5.32 Å². The number of carboxylic acids is 2. The van der Waals surface area contributed by atoms with Crippen LogP contribution in [0.2, 0.25) is 0 Å². The molecule has 3 rings (SSSR count). The van der Waals surface area contributed by atoms with Crippen molar-refractivity contribution < 1.29 is 24.6 Å². The zero-order valence-corrected chi connectivity index (χ0v) is 16.3. The highest BCUT2D eigenvalue weighted by molar-refractivity contribution is 8.16. The number of nitrogens with one attached hydrogen (secondary N) is 1. The van der Waals surface area contributed by atoms with Crippen molar-refractivity contribution in [2.24, 2.45) is 33.5 Å². The summed E-state index contributed by atoms with van der Waals surface area (Å²) in [7, 11) is 0. The van der Waals surface area contributed by atoms with E-state index in [1.807, 2.05) is 6.26 Å². The minimum atomic E-state index is -1.62. The van der Waals surface area contributed by atoms with Gasteiger partial charge in [-0.3, -0.25) is 19.6 Å². The second kappa shape index (κ2) is 7.80. The van der Waals surface area contributed by atoms with Gasteiger partial charge in [-0.1, -0.05) is 0 Å². The molecule has 1 amide bonds. The molecule has 0 aromatic rings. The molecule has 0 radical (unpaired) electrons. The molecule has 1 aliphatic heterocycles. The largest absolute Gasteiger partial charge is 0.481 e. The van der Waals surface area contributed by atoms with Crippen LogP contribution >= 0.6 is 23.5 Å². The molecular weight excluding hydrogens is 392 g/mol. The molecule has 2 fully saturated rings. The molecule has 11 heteroatoms. The Balaban J connectivity index is 1.80. The Morgan fingerprint density at radius 3 is 2.74 bits per heavy atom. The van der Waals surface area contributed by atoms with Gasteiger partial charge in [0, 0.05) is 11.2 Å². The monoisotopic (exact) mass is 414 g/mol. The third-order valence-corrected chi connectivity index (χ3v) is 7.27. The highest BCUT2D eigenvalue weighted by Gasteiger charge is 2.75. The van der Waals surface area contributed by atoms with Crippen molar-refractivity contribution >= 4 is 52.6 Å². The van der Waals surface area contributed by atoms with Gasteiger partial charge < -0.3 is 21.3 Å². The standard InChI is InChI=1S/C16H22N4O5S2/c1-26-3-2-7(17)13(21)20-16(15(24)25)4-8(27-9-5-18-6-19-9)10-11(12(10)16)14(22)23/h5,7-8,10-12H,2-4,6,17H2,1H3,(H,20,21)(H,22,23)(H,24,25)/t7-,8+,10-,11-,12-,16-/m0/s1. The van der Waals surface area contributed by atoms with Crippen molar-refractivity contribution in [3.05, 3.63) is 0 Å². The van der Waals surface area contributed by atoms with Crippen molar-refractivity contribution in [2.75, 3.05) is 18.7 Å². The summed E-state index contributed by atoms with van der Waals surface area (Å²) in [6.45, 7) is 0.330. The number of amides is 1. The molecule has 2 aliphatic carbocycles. The molecule has 0 spiro atoms. The van der Waals surface area contributed by atoms with Gasteiger partial charge in [0.25, 0.3) is 0 Å². The molecular formula is C16H22N4O5S2. The van der Waals surface area contributed by atoms with Crippen molar-refractivity contribution in [3.63, 3.8) is 0 Å². The predicted molar refractivity (Wildman–Crippen MR) is 104 cm³/mol. The van der Waals surface area contributed by atoms with Crippen LogP contribution in [0.25, 0.3) is 0 Å². The fourth-order valence-electron chi connectivity index (χ4n) is 4.06. The summed E-state index contributed by atoms with van der Waals surface area (Å²) >= 11 is 2.89. The summed E-state index contributed by atoms with van der Waals surface area (Å²) in [6, 6.07) is -0.827. The quantitative estimate of drug-likeness (QED) is 0.429. The number of carbonyl (C=O) groups excluding carboxylic acids is 1. The molecule has 5 N–H and O–H groups in total. The Bertz CT molecular complexity index is 715. The molecule has 3 aliphatic rings. The molecule has 1 heterocycles. The number of carboxylic acid groups (broad SMARTS) is 2. The first-order chi connectivity index (χ1) is 12.8. The van der Waals surface area contributed by atoms with Gasteiger partial charge in [-0.25, -0.2) is 4.79 Å². The van der Waals surface area contributed by atoms with Crippen LogP contribution in [0.1, 0.15) is 12.8 Å². The summed E-state index contributed by atoms with van der Waals surface area (Å²) in [6.07, 6.45) is 4.06. The van der Waals surface area contributed by atoms with Crippen LogP contribution in [-0.4, -0.2) is 74.8 Å². The molecule has 9 nitrogen and oxygen atoms in total. The van der Waals surface area contributed by atoms with Gasteiger partial charge in [-0.15, -0.1) is 11.8 Å². The van der Waals surface area contributed by atoms with Crippen LogP contribution < -0.4 is 11.1 Å². The summed E-state index contributed by atoms with van der Waals surface area (Å²) in [5, 5.41) is 22.4. The van der Waals surface area contributed by atoms with Crippen LogP contribution in [0.3, 0.4) is 0 Å². The smallest absolute Gasteiger partial charge is 0.329 e. The van der Waals surface area contributed by atoms with Gasteiger partial charge in [0.05, 0.1) is 18.2 Å². The number of hydrogen-bond donors (Lipinski definition) is 4. The maximum Gasteiger partial charge on any atom is 0.329 e. The predicted octanol–water partition coefficient (Wildman–Crippen LogP) is -0.101. The number of nitrogens with two attached hydrogens (primary N) is 1. The number of hydrogen-bond acceptors (Lipinski definition) is 8. The number of nitrogens with zero attached hydrogens (tertiary/aromatic N) is 2.